The Morgan fingerprint density at radius 2 is 2.21 bits per heavy atom. The van der Waals surface area contributed by atoms with E-state index >= 15 is 0 Å². The van der Waals surface area contributed by atoms with Crippen molar-refractivity contribution in [1.82, 2.24) is 10.6 Å². The van der Waals surface area contributed by atoms with Crippen LogP contribution in [-0.2, 0) is 11.2 Å². The molecule has 3 atom stereocenters. The van der Waals surface area contributed by atoms with Gasteiger partial charge in [0.25, 0.3) is 0 Å². The van der Waals surface area contributed by atoms with E-state index in [-0.39, 0.29) is 17.8 Å². The van der Waals surface area contributed by atoms with Crippen LogP contribution in [0.2, 0.25) is 0 Å². The van der Waals surface area contributed by atoms with Crippen molar-refractivity contribution in [2.24, 2.45) is 11.3 Å². The van der Waals surface area contributed by atoms with Crippen LogP contribution in [0.4, 0.5) is 0 Å². The fourth-order valence-electron chi connectivity index (χ4n) is 4.70. The Morgan fingerprint density at radius 3 is 3.12 bits per heavy atom. The monoisotopic (exact) mass is 366 g/mol. The third-order valence-corrected chi connectivity index (χ3v) is 7.29. The molecule has 2 fully saturated rings. The van der Waals surface area contributed by atoms with Crippen molar-refractivity contribution in [1.29, 1.82) is 0 Å². The molecule has 5 heteroatoms. The molecule has 1 aromatic rings. The first-order valence-corrected chi connectivity index (χ1v) is 10.0. The summed E-state index contributed by atoms with van der Waals surface area (Å²) in [4.78, 5) is 13.0. The zero-order valence-electron chi connectivity index (χ0n) is 14.1. The molecule has 2 N–H and O–H groups in total. The summed E-state index contributed by atoms with van der Waals surface area (Å²) in [6.07, 6.45) is 5.91. The van der Waals surface area contributed by atoms with Crippen LogP contribution >= 0.6 is 24.2 Å². The molecule has 1 unspecified atom stereocenters. The van der Waals surface area contributed by atoms with Gasteiger partial charge in [0.15, 0.2) is 0 Å². The minimum Gasteiger partial charge on any atom is -0.354 e. The maximum Gasteiger partial charge on any atom is 0.227 e. The average Bonchev–Trinajstić information content (AvgIpc) is 3.05. The van der Waals surface area contributed by atoms with Gasteiger partial charge in [-0.15, -0.1) is 12.4 Å². The largest absolute Gasteiger partial charge is 0.354 e. The molecule has 2 heterocycles. The molecule has 1 amide bonds. The van der Waals surface area contributed by atoms with Gasteiger partial charge in [-0.05, 0) is 48.6 Å². The van der Waals surface area contributed by atoms with Crippen molar-refractivity contribution in [3.05, 3.63) is 35.4 Å². The van der Waals surface area contributed by atoms with Gasteiger partial charge in [0.05, 0.1) is 5.41 Å². The normalized spacial score (nSPS) is 31.5. The molecule has 0 bridgehead atoms. The number of aryl methyl sites for hydroxylation is 1. The van der Waals surface area contributed by atoms with E-state index in [4.69, 9.17) is 0 Å². The summed E-state index contributed by atoms with van der Waals surface area (Å²) in [5, 5.41) is 7.21. The summed E-state index contributed by atoms with van der Waals surface area (Å²) in [5.74, 6) is 2.01. The van der Waals surface area contributed by atoms with E-state index in [1.807, 2.05) is 11.8 Å². The first-order chi connectivity index (χ1) is 11.3. The third-order valence-electron chi connectivity index (χ3n) is 6.03. The topological polar surface area (TPSA) is 41.1 Å². The minimum atomic E-state index is -0.128. The minimum absolute atomic E-state index is 0. The number of halogens is 1. The van der Waals surface area contributed by atoms with Crippen LogP contribution in [0.1, 0.15) is 42.1 Å². The summed E-state index contributed by atoms with van der Waals surface area (Å²) < 4.78 is 0. The highest BCUT2D eigenvalue weighted by Gasteiger charge is 2.49. The molecule has 3 nitrogen and oxygen atoms in total. The lowest BCUT2D eigenvalue weighted by Gasteiger charge is -2.37. The van der Waals surface area contributed by atoms with E-state index in [0.29, 0.717) is 17.1 Å². The van der Waals surface area contributed by atoms with Gasteiger partial charge in [0.2, 0.25) is 5.91 Å². The Labute approximate surface area is 155 Å². The Morgan fingerprint density at radius 1 is 1.33 bits per heavy atom. The average molecular weight is 367 g/mol. The number of carbonyl (C=O) groups is 1. The highest BCUT2D eigenvalue weighted by molar-refractivity contribution is 7.99. The standard InChI is InChI=1S/C19H26N2OS.ClH/c22-18(19-9-4-3-6-15(19)11-20-13-19)21-12-17-16-7-2-1-5-14(16)8-10-23-17;/h1-2,5,7,15,17,20H,3-4,6,8-13H2,(H,21,22);1H/t15-,17?,19+;/m0./s1. The number of hydrogen-bond donors (Lipinski definition) is 2. The van der Waals surface area contributed by atoms with Crippen LogP contribution in [0.3, 0.4) is 0 Å². The van der Waals surface area contributed by atoms with Crippen LogP contribution < -0.4 is 10.6 Å². The fourth-order valence-corrected chi connectivity index (χ4v) is 5.93. The first kappa shape index (κ1) is 18.1. The summed E-state index contributed by atoms with van der Waals surface area (Å²) in [6.45, 7) is 2.67. The van der Waals surface area contributed by atoms with Crippen LogP contribution in [-0.4, -0.2) is 31.3 Å². The van der Waals surface area contributed by atoms with Gasteiger partial charge in [-0.2, -0.15) is 11.8 Å². The second-order valence-electron chi connectivity index (χ2n) is 7.25. The highest BCUT2D eigenvalue weighted by Crippen LogP contribution is 2.44. The van der Waals surface area contributed by atoms with Crippen molar-refractivity contribution in [3.63, 3.8) is 0 Å². The fraction of sp³-hybridized carbons (Fsp3) is 0.632. The van der Waals surface area contributed by atoms with E-state index in [2.05, 4.69) is 34.9 Å². The summed E-state index contributed by atoms with van der Waals surface area (Å²) >= 11 is 1.99. The lowest BCUT2D eigenvalue weighted by molar-refractivity contribution is -0.134. The number of nitrogens with one attached hydrogen (secondary N) is 2. The molecule has 132 valence electrons. The van der Waals surface area contributed by atoms with Crippen molar-refractivity contribution in [2.75, 3.05) is 25.4 Å². The second kappa shape index (κ2) is 7.67. The van der Waals surface area contributed by atoms with Crippen molar-refractivity contribution < 1.29 is 4.79 Å². The molecule has 24 heavy (non-hydrogen) atoms. The van der Waals surface area contributed by atoms with E-state index < -0.39 is 0 Å². The summed E-state index contributed by atoms with van der Waals surface area (Å²) in [6, 6.07) is 8.72. The molecular weight excluding hydrogens is 340 g/mol. The Hall–Kier alpha value is -0.710. The van der Waals surface area contributed by atoms with Crippen molar-refractivity contribution >= 4 is 30.1 Å². The van der Waals surface area contributed by atoms with Crippen LogP contribution in [0.25, 0.3) is 0 Å². The molecule has 0 spiro atoms. The number of amides is 1. The molecule has 1 aromatic carbocycles. The molecule has 0 radical (unpaired) electrons. The van der Waals surface area contributed by atoms with Crippen molar-refractivity contribution in [2.45, 2.75) is 37.4 Å². The zero-order chi connectivity index (χ0) is 15.7. The lowest BCUT2D eigenvalue weighted by atomic mass is 9.67. The van der Waals surface area contributed by atoms with Gasteiger partial charge in [0.1, 0.15) is 0 Å². The number of rotatable bonds is 3. The van der Waals surface area contributed by atoms with Gasteiger partial charge in [-0.1, -0.05) is 37.1 Å². The van der Waals surface area contributed by atoms with Gasteiger partial charge in [-0.25, -0.2) is 0 Å². The molecule has 4 rings (SSSR count). The van der Waals surface area contributed by atoms with E-state index in [0.717, 1.165) is 38.2 Å². The Bertz CT molecular complexity index is 596. The maximum atomic E-state index is 13.0. The Kier molecular flexibility index (Phi) is 5.78. The van der Waals surface area contributed by atoms with Crippen LogP contribution in [0.5, 0.6) is 0 Å². The Balaban J connectivity index is 0.00000169. The van der Waals surface area contributed by atoms with E-state index in [9.17, 15) is 4.79 Å². The molecule has 1 saturated heterocycles. The third kappa shape index (κ3) is 3.21. The molecular formula is C19H27ClN2OS. The molecule has 3 aliphatic rings. The zero-order valence-corrected chi connectivity index (χ0v) is 15.7. The molecule has 0 aromatic heterocycles. The maximum absolute atomic E-state index is 13.0. The van der Waals surface area contributed by atoms with Gasteiger partial charge in [-0.3, -0.25) is 4.79 Å². The predicted octanol–water partition coefficient (Wildman–Crippen LogP) is 3.33. The number of thioether (sulfide) groups is 1. The second-order valence-corrected chi connectivity index (χ2v) is 8.56. The quantitative estimate of drug-likeness (QED) is 0.862. The number of carbonyl (C=O) groups excluding carboxylic acids is 1. The highest BCUT2D eigenvalue weighted by atomic mass is 35.5. The SMILES string of the molecule is Cl.O=C(NCC1SCCc2ccccc21)[C@@]12CCCC[C@H]1CNC2. The lowest BCUT2D eigenvalue weighted by Crippen LogP contribution is -2.48. The number of fused-ring (bicyclic) bond motifs is 2. The number of benzene rings is 1. The number of hydrogen-bond acceptors (Lipinski definition) is 3. The predicted molar refractivity (Wildman–Crippen MR) is 103 cm³/mol. The summed E-state index contributed by atoms with van der Waals surface area (Å²) in [7, 11) is 0. The van der Waals surface area contributed by atoms with Gasteiger partial charge >= 0.3 is 0 Å². The van der Waals surface area contributed by atoms with Crippen LogP contribution in [0, 0.1) is 11.3 Å². The molecule has 1 saturated carbocycles. The smallest absolute Gasteiger partial charge is 0.227 e. The first-order valence-electron chi connectivity index (χ1n) is 8.98. The van der Waals surface area contributed by atoms with E-state index in [1.54, 1.807) is 0 Å². The van der Waals surface area contributed by atoms with Crippen molar-refractivity contribution in [3.8, 4) is 0 Å². The molecule has 1 aliphatic carbocycles. The van der Waals surface area contributed by atoms with Gasteiger partial charge < -0.3 is 10.6 Å². The van der Waals surface area contributed by atoms with Gasteiger partial charge in [0, 0.05) is 18.3 Å². The van der Waals surface area contributed by atoms with Crippen LogP contribution in [0.15, 0.2) is 24.3 Å². The van der Waals surface area contributed by atoms with E-state index in [1.165, 1.54) is 30.4 Å². The summed E-state index contributed by atoms with van der Waals surface area (Å²) in [5.41, 5.74) is 2.75. The molecule has 2 aliphatic heterocycles.